The maximum Gasteiger partial charge on any atom is 0.573 e. The molecule has 2 aromatic rings. The van der Waals surface area contributed by atoms with Crippen LogP contribution in [0.2, 0.25) is 0 Å². The highest BCUT2D eigenvalue weighted by molar-refractivity contribution is 5.81. The molecule has 2 rings (SSSR count). The first-order valence-corrected chi connectivity index (χ1v) is 8.72. The molecule has 2 aromatic carbocycles. The molecule has 0 aliphatic carbocycles. The number of ether oxygens (including phenoxy) is 1. The van der Waals surface area contributed by atoms with E-state index in [4.69, 9.17) is 0 Å². The topological polar surface area (TPSA) is 50.4 Å². The molecule has 2 N–H and O–H groups in total. The van der Waals surface area contributed by atoms with Crippen molar-refractivity contribution in [1.29, 1.82) is 0 Å². The number of nitrogens with one attached hydrogen (secondary N) is 2. The molecule has 0 aliphatic heterocycles. The molecular weight excluding hydrogens is 357 g/mol. The summed E-state index contributed by atoms with van der Waals surface area (Å²) in [5.74, 6) is -0.261. The summed E-state index contributed by atoms with van der Waals surface area (Å²) in [6.07, 6.45) is -3.27. The van der Waals surface area contributed by atoms with Crippen LogP contribution in [0.25, 0.3) is 11.1 Å². The quantitative estimate of drug-likeness (QED) is 0.730. The minimum absolute atomic E-state index is 0.0159. The van der Waals surface area contributed by atoms with Crippen molar-refractivity contribution in [2.45, 2.75) is 32.2 Å². The van der Waals surface area contributed by atoms with Gasteiger partial charge in [0, 0.05) is 6.54 Å². The molecule has 0 fully saturated rings. The van der Waals surface area contributed by atoms with Gasteiger partial charge in [0.05, 0.1) is 6.04 Å². The van der Waals surface area contributed by atoms with Gasteiger partial charge in [-0.2, -0.15) is 0 Å². The summed E-state index contributed by atoms with van der Waals surface area (Å²) < 4.78 is 40.5. The molecule has 0 aromatic heterocycles. The van der Waals surface area contributed by atoms with E-state index in [0.29, 0.717) is 13.0 Å². The number of rotatable bonds is 8. The lowest BCUT2D eigenvalue weighted by Gasteiger charge is -2.14. The maximum absolute atomic E-state index is 12.2. The van der Waals surface area contributed by atoms with Gasteiger partial charge in [-0.15, -0.1) is 13.2 Å². The summed E-state index contributed by atoms with van der Waals surface area (Å²) in [6, 6.07) is 13.2. The van der Waals surface area contributed by atoms with E-state index >= 15 is 0 Å². The maximum atomic E-state index is 12.2. The standard InChI is InChI=1S/C20H23F3N2O2/c1-3-18(24-2)19(26)25-13-12-14-4-6-15(7-5-14)16-8-10-17(11-9-16)27-20(21,22)23/h4-11,18,24H,3,12-13H2,1-2H3,(H,25,26)/t18-/m0/s1. The normalized spacial score (nSPS) is 12.5. The Balaban J connectivity index is 1.90. The van der Waals surface area contributed by atoms with E-state index in [0.717, 1.165) is 23.1 Å². The number of hydrogen-bond acceptors (Lipinski definition) is 3. The highest BCUT2D eigenvalue weighted by Crippen LogP contribution is 2.26. The largest absolute Gasteiger partial charge is 0.573 e. The third kappa shape index (κ3) is 6.60. The van der Waals surface area contributed by atoms with Gasteiger partial charge >= 0.3 is 6.36 Å². The Morgan fingerprint density at radius 3 is 2.07 bits per heavy atom. The van der Waals surface area contributed by atoms with Gasteiger partial charge in [0.15, 0.2) is 0 Å². The fraction of sp³-hybridized carbons (Fsp3) is 0.350. The summed E-state index contributed by atoms with van der Waals surface area (Å²) in [6.45, 7) is 2.49. The van der Waals surface area contributed by atoms with Gasteiger partial charge in [-0.05, 0) is 48.7 Å². The molecule has 0 aliphatic rings. The van der Waals surface area contributed by atoms with E-state index in [-0.39, 0.29) is 17.7 Å². The number of benzene rings is 2. The van der Waals surface area contributed by atoms with Crippen LogP contribution >= 0.6 is 0 Å². The van der Waals surface area contributed by atoms with Crippen molar-refractivity contribution in [3.05, 3.63) is 54.1 Å². The summed E-state index contributed by atoms with van der Waals surface area (Å²) in [7, 11) is 1.76. The molecular formula is C20H23F3N2O2. The average Bonchev–Trinajstić information content (AvgIpc) is 2.63. The van der Waals surface area contributed by atoms with Crippen LogP contribution in [-0.2, 0) is 11.2 Å². The number of carbonyl (C=O) groups is 1. The molecule has 0 unspecified atom stereocenters. The Hall–Kier alpha value is -2.54. The van der Waals surface area contributed by atoms with Crippen LogP contribution in [0.1, 0.15) is 18.9 Å². The number of alkyl halides is 3. The second kappa shape index (κ2) is 9.41. The lowest BCUT2D eigenvalue weighted by atomic mass is 10.0. The Morgan fingerprint density at radius 1 is 1.04 bits per heavy atom. The SMILES string of the molecule is CC[C@H](NC)C(=O)NCCc1ccc(-c2ccc(OC(F)(F)F)cc2)cc1. The Kier molecular flexibility index (Phi) is 7.24. The molecule has 0 saturated carbocycles. The predicted octanol–water partition coefficient (Wildman–Crippen LogP) is 3.91. The van der Waals surface area contributed by atoms with E-state index < -0.39 is 6.36 Å². The van der Waals surface area contributed by atoms with Crippen molar-refractivity contribution in [2.75, 3.05) is 13.6 Å². The minimum atomic E-state index is -4.69. The Morgan fingerprint density at radius 2 is 1.59 bits per heavy atom. The van der Waals surface area contributed by atoms with E-state index in [1.165, 1.54) is 12.1 Å². The van der Waals surface area contributed by atoms with E-state index in [9.17, 15) is 18.0 Å². The molecule has 27 heavy (non-hydrogen) atoms. The second-order valence-electron chi connectivity index (χ2n) is 6.06. The number of amides is 1. The first-order chi connectivity index (χ1) is 12.8. The smallest absolute Gasteiger partial charge is 0.406 e. The van der Waals surface area contributed by atoms with Crippen LogP contribution in [0.15, 0.2) is 48.5 Å². The zero-order chi connectivity index (χ0) is 19.9. The summed E-state index contributed by atoms with van der Waals surface area (Å²) in [4.78, 5) is 11.9. The van der Waals surface area contributed by atoms with Crippen LogP contribution in [0, 0.1) is 0 Å². The summed E-state index contributed by atoms with van der Waals surface area (Å²) in [5.41, 5.74) is 2.75. The summed E-state index contributed by atoms with van der Waals surface area (Å²) >= 11 is 0. The Labute approximate surface area is 156 Å². The molecule has 1 atom stereocenters. The average molecular weight is 380 g/mol. The predicted molar refractivity (Wildman–Crippen MR) is 98.4 cm³/mol. The highest BCUT2D eigenvalue weighted by Gasteiger charge is 2.30. The van der Waals surface area contributed by atoms with Crippen molar-refractivity contribution in [1.82, 2.24) is 10.6 Å². The van der Waals surface area contributed by atoms with Gasteiger partial charge in [0.25, 0.3) is 0 Å². The van der Waals surface area contributed by atoms with E-state index in [1.54, 1.807) is 19.2 Å². The van der Waals surface area contributed by atoms with Gasteiger partial charge in [-0.25, -0.2) is 0 Å². The number of carbonyl (C=O) groups excluding carboxylic acids is 1. The van der Waals surface area contributed by atoms with E-state index in [2.05, 4.69) is 15.4 Å². The molecule has 1 amide bonds. The highest BCUT2D eigenvalue weighted by atomic mass is 19.4. The minimum Gasteiger partial charge on any atom is -0.406 e. The van der Waals surface area contributed by atoms with Crippen LogP contribution in [0.4, 0.5) is 13.2 Å². The fourth-order valence-corrected chi connectivity index (χ4v) is 2.69. The van der Waals surface area contributed by atoms with Crippen molar-refractivity contribution >= 4 is 5.91 Å². The zero-order valence-electron chi connectivity index (χ0n) is 15.3. The fourth-order valence-electron chi connectivity index (χ4n) is 2.69. The molecule has 0 heterocycles. The number of halogens is 3. The molecule has 0 radical (unpaired) electrons. The van der Waals surface area contributed by atoms with Gasteiger partial charge in [-0.3, -0.25) is 4.79 Å². The zero-order valence-corrected chi connectivity index (χ0v) is 15.3. The van der Waals surface area contributed by atoms with Crippen molar-refractivity contribution in [2.24, 2.45) is 0 Å². The second-order valence-corrected chi connectivity index (χ2v) is 6.06. The van der Waals surface area contributed by atoms with Crippen LogP contribution in [0.5, 0.6) is 5.75 Å². The van der Waals surface area contributed by atoms with Crippen LogP contribution in [0.3, 0.4) is 0 Å². The van der Waals surface area contributed by atoms with Gasteiger partial charge < -0.3 is 15.4 Å². The van der Waals surface area contributed by atoms with Crippen molar-refractivity contribution in [3.63, 3.8) is 0 Å². The molecule has 0 saturated heterocycles. The van der Waals surface area contributed by atoms with Crippen molar-refractivity contribution in [3.8, 4) is 16.9 Å². The molecule has 0 bridgehead atoms. The summed E-state index contributed by atoms with van der Waals surface area (Å²) in [5, 5.41) is 5.86. The number of likely N-dealkylation sites (N-methyl/N-ethyl adjacent to an activating group) is 1. The third-order valence-electron chi connectivity index (χ3n) is 4.16. The van der Waals surface area contributed by atoms with E-state index in [1.807, 2.05) is 31.2 Å². The lowest BCUT2D eigenvalue weighted by molar-refractivity contribution is -0.274. The molecule has 4 nitrogen and oxygen atoms in total. The third-order valence-corrected chi connectivity index (χ3v) is 4.16. The molecule has 7 heteroatoms. The van der Waals surface area contributed by atoms with Crippen LogP contribution in [-0.4, -0.2) is 31.9 Å². The monoisotopic (exact) mass is 380 g/mol. The lowest BCUT2D eigenvalue weighted by Crippen LogP contribution is -2.42. The molecule has 0 spiro atoms. The Bertz CT molecular complexity index is 724. The number of hydrogen-bond donors (Lipinski definition) is 2. The van der Waals surface area contributed by atoms with Crippen molar-refractivity contribution < 1.29 is 22.7 Å². The van der Waals surface area contributed by atoms with Gasteiger partial charge in [0.1, 0.15) is 5.75 Å². The van der Waals surface area contributed by atoms with Gasteiger partial charge in [0.2, 0.25) is 5.91 Å². The first-order valence-electron chi connectivity index (χ1n) is 8.72. The first kappa shape index (κ1) is 20.8. The molecule has 146 valence electrons. The van der Waals surface area contributed by atoms with Crippen LogP contribution < -0.4 is 15.4 Å². The van der Waals surface area contributed by atoms with Gasteiger partial charge in [-0.1, -0.05) is 43.3 Å².